The maximum Gasteiger partial charge on any atom is 0.408 e. The quantitative estimate of drug-likeness (QED) is 0.471. The molecule has 0 atom stereocenters. The van der Waals surface area contributed by atoms with Gasteiger partial charge >= 0.3 is 6.09 Å². The van der Waals surface area contributed by atoms with E-state index in [1.165, 1.54) is 4.90 Å². The van der Waals surface area contributed by atoms with E-state index in [1.807, 2.05) is 39.8 Å². The number of hydrogen-bond acceptors (Lipinski definition) is 4. The number of nitrogens with zero attached hydrogens (tertiary/aromatic N) is 2. The van der Waals surface area contributed by atoms with Crippen LogP contribution in [0.2, 0.25) is 0 Å². The third-order valence-electron chi connectivity index (χ3n) is 5.34. The monoisotopic (exact) mass is 460 g/mol. The van der Waals surface area contributed by atoms with Gasteiger partial charge in [-0.15, -0.1) is 0 Å². The Balaban J connectivity index is 2.88. The molecule has 0 radical (unpaired) electrons. The summed E-state index contributed by atoms with van der Waals surface area (Å²) in [6, 6.07) is 5.43. The number of fused-ring (bicyclic) bond motifs is 1. The second-order valence-corrected chi connectivity index (χ2v) is 10.6. The van der Waals surface area contributed by atoms with Crippen LogP contribution in [0.5, 0.6) is 11.5 Å². The van der Waals surface area contributed by atoms with Gasteiger partial charge < -0.3 is 19.1 Å². The highest BCUT2D eigenvalue weighted by molar-refractivity contribution is 5.89. The number of benzene rings is 1. The van der Waals surface area contributed by atoms with Crippen LogP contribution >= 0.6 is 0 Å². The number of aromatic nitrogens is 1. The molecular weight excluding hydrogens is 420 g/mol. The van der Waals surface area contributed by atoms with Gasteiger partial charge in [0, 0.05) is 17.5 Å². The summed E-state index contributed by atoms with van der Waals surface area (Å²) >= 11 is 0. The fourth-order valence-corrected chi connectivity index (χ4v) is 3.72. The van der Waals surface area contributed by atoms with Gasteiger partial charge in [0.05, 0.1) is 30.8 Å². The van der Waals surface area contributed by atoms with Gasteiger partial charge in [0.2, 0.25) is 0 Å². The molecule has 2 aromatic rings. The highest BCUT2D eigenvalue weighted by atomic mass is 16.5. The lowest BCUT2D eigenvalue weighted by molar-refractivity contribution is 0.0924. The fourth-order valence-electron chi connectivity index (χ4n) is 3.72. The van der Waals surface area contributed by atoms with Crippen molar-refractivity contribution in [3.63, 3.8) is 0 Å². The summed E-state index contributed by atoms with van der Waals surface area (Å²) in [6.45, 7) is 17.2. The lowest BCUT2D eigenvalue weighted by Gasteiger charge is -2.35. The average Bonchev–Trinajstić information content (AvgIpc) is 2.68. The first-order valence-corrected chi connectivity index (χ1v) is 11.8. The number of amides is 1. The third-order valence-corrected chi connectivity index (χ3v) is 5.34. The van der Waals surface area contributed by atoms with Crippen molar-refractivity contribution in [1.29, 1.82) is 0 Å². The van der Waals surface area contributed by atoms with Gasteiger partial charge in [-0.1, -0.05) is 34.1 Å². The summed E-state index contributed by atoms with van der Waals surface area (Å²) in [4.78, 5) is 27.3. The maximum atomic E-state index is 13.8. The summed E-state index contributed by atoms with van der Waals surface area (Å²) in [7, 11) is 0. The largest absolute Gasteiger partial charge is 0.494 e. The molecule has 0 aliphatic carbocycles. The molecule has 0 saturated heterocycles. The van der Waals surface area contributed by atoms with Crippen LogP contribution in [0, 0.1) is 5.41 Å². The first kappa shape index (κ1) is 26.6. The summed E-state index contributed by atoms with van der Waals surface area (Å²) < 4.78 is 13.6. The Labute approximate surface area is 197 Å². The van der Waals surface area contributed by atoms with Gasteiger partial charge in [-0.3, -0.25) is 9.69 Å². The summed E-state index contributed by atoms with van der Waals surface area (Å²) in [5.74, 6) is 1.19. The van der Waals surface area contributed by atoms with Crippen molar-refractivity contribution in [2.24, 2.45) is 5.41 Å². The normalized spacial score (nSPS) is 12.1. The molecule has 0 aliphatic rings. The topological polar surface area (TPSA) is 81.0 Å². The van der Waals surface area contributed by atoms with Crippen molar-refractivity contribution in [2.75, 3.05) is 13.2 Å². The number of carbonyl (C=O) groups is 1. The van der Waals surface area contributed by atoms with Gasteiger partial charge in [0.15, 0.2) is 0 Å². The molecular formula is C26H40N2O5. The molecule has 1 aromatic heterocycles. The standard InChI is InChI=1S/C26H40N2O5/c1-9-11-14-33-22-19-13-12-18(32-10-2)15-20(19)23(29)27(17-25(3,4)5)21(22)16-28(24(30)31)26(6,7)8/h12-13,15H,9-11,14,16-17H2,1-8H3,(H,30,31). The van der Waals surface area contributed by atoms with Crippen molar-refractivity contribution in [1.82, 2.24) is 9.47 Å². The van der Waals surface area contributed by atoms with Gasteiger partial charge in [-0.05, 0) is 57.7 Å². The van der Waals surface area contributed by atoms with E-state index in [1.54, 1.807) is 10.6 Å². The van der Waals surface area contributed by atoms with Crippen LogP contribution in [-0.2, 0) is 13.1 Å². The number of unbranched alkanes of at least 4 members (excludes halogenated alkanes) is 1. The van der Waals surface area contributed by atoms with E-state index in [9.17, 15) is 14.7 Å². The Morgan fingerprint density at radius 2 is 1.73 bits per heavy atom. The van der Waals surface area contributed by atoms with Crippen LogP contribution in [0.4, 0.5) is 4.79 Å². The molecule has 0 bridgehead atoms. The van der Waals surface area contributed by atoms with Crippen LogP contribution < -0.4 is 15.0 Å². The summed E-state index contributed by atoms with van der Waals surface area (Å²) in [6.07, 6.45) is 0.786. The Bertz CT molecular complexity index is 1030. The maximum absolute atomic E-state index is 13.8. The molecule has 0 aliphatic heterocycles. The minimum atomic E-state index is -1.04. The molecule has 1 N–H and O–H groups in total. The Hall–Kier alpha value is -2.70. The van der Waals surface area contributed by atoms with Crippen molar-refractivity contribution < 1.29 is 19.4 Å². The molecule has 2 rings (SSSR count). The molecule has 33 heavy (non-hydrogen) atoms. The van der Waals surface area contributed by atoms with E-state index in [-0.39, 0.29) is 17.5 Å². The number of carboxylic acid groups (broad SMARTS) is 1. The van der Waals surface area contributed by atoms with E-state index < -0.39 is 11.6 Å². The third kappa shape index (κ3) is 6.65. The molecule has 1 aromatic carbocycles. The number of ether oxygens (including phenoxy) is 2. The molecule has 0 fully saturated rings. The van der Waals surface area contributed by atoms with Gasteiger partial charge in [-0.2, -0.15) is 0 Å². The zero-order chi connectivity index (χ0) is 25.0. The zero-order valence-electron chi connectivity index (χ0n) is 21.4. The van der Waals surface area contributed by atoms with E-state index in [4.69, 9.17) is 9.47 Å². The second-order valence-electron chi connectivity index (χ2n) is 10.6. The molecule has 1 heterocycles. The van der Waals surface area contributed by atoms with E-state index in [0.717, 1.165) is 12.8 Å². The first-order valence-electron chi connectivity index (χ1n) is 11.8. The fraction of sp³-hybridized carbons (Fsp3) is 0.615. The Morgan fingerprint density at radius 3 is 2.24 bits per heavy atom. The highest BCUT2D eigenvalue weighted by Gasteiger charge is 2.30. The van der Waals surface area contributed by atoms with Gasteiger partial charge in [0.25, 0.3) is 5.56 Å². The van der Waals surface area contributed by atoms with Gasteiger partial charge in [0.1, 0.15) is 11.5 Å². The SMILES string of the molecule is CCCCOc1c(CN(C(=O)O)C(C)(C)C)n(CC(C)(C)C)c(=O)c2cc(OCC)ccc12. The minimum absolute atomic E-state index is 0.0504. The predicted octanol–water partition coefficient (Wildman–Crippen LogP) is 5.90. The Kier molecular flexibility index (Phi) is 8.44. The minimum Gasteiger partial charge on any atom is -0.494 e. The zero-order valence-corrected chi connectivity index (χ0v) is 21.4. The van der Waals surface area contributed by atoms with E-state index >= 15 is 0 Å². The van der Waals surface area contributed by atoms with Gasteiger partial charge in [-0.25, -0.2) is 4.79 Å². The van der Waals surface area contributed by atoms with Crippen LogP contribution in [-0.4, -0.2) is 39.4 Å². The second kappa shape index (κ2) is 10.5. The molecule has 7 heteroatoms. The number of pyridine rings is 1. The summed E-state index contributed by atoms with van der Waals surface area (Å²) in [5.41, 5.74) is -0.443. The molecule has 0 unspecified atom stereocenters. The molecule has 0 saturated carbocycles. The number of rotatable bonds is 9. The van der Waals surface area contributed by atoms with Crippen molar-refractivity contribution in [2.45, 2.75) is 86.9 Å². The molecule has 184 valence electrons. The number of hydrogen-bond donors (Lipinski definition) is 1. The van der Waals surface area contributed by atoms with Crippen LogP contribution in [0.15, 0.2) is 23.0 Å². The van der Waals surface area contributed by atoms with Crippen molar-refractivity contribution >= 4 is 16.9 Å². The molecule has 1 amide bonds. The smallest absolute Gasteiger partial charge is 0.408 e. The molecule has 0 spiro atoms. The Morgan fingerprint density at radius 1 is 1.06 bits per heavy atom. The highest BCUT2D eigenvalue weighted by Crippen LogP contribution is 2.34. The van der Waals surface area contributed by atoms with E-state index in [2.05, 4.69) is 27.7 Å². The van der Waals surface area contributed by atoms with Crippen LogP contribution in [0.25, 0.3) is 10.8 Å². The first-order chi connectivity index (χ1) is 15.3. The lowest BCUT2D eigenvalue weighted by atomic mass is 9.96. The average molecular weight is 461 g/mol. The lowest BCUT2D eigenvalue weighted by Crippen LogP contribution is -2.45. The molecule has 7 nitrogen and oxygen atoms in total. The van der Waals surface area contributed by atoms with Crippen LogP contribution in [0.1, 0.15) is 73.9 Å². The van der Waals surface area contributed by atoms with Crippen molar-refractivity contribution in [3.8, 4) is 11.5 Å². The van der Waals surface area contributed by atoms with Crippen molar-refractivity contribution in [3.05, 3.63) is 34.2 Å². The van der Waals surface area contributed by atoms with Crippen LogP contribution in [0.3, 0.4) is 0 Å². The van der Waals surface area contributed by atoms with E-state index in [0.29, 0.717) is 47.7 Å². The summed E-state index contributed by atoms with van der Waals surface area (Å²) in [5, 5.41) is 11.1. The predicted molar refractivity (Wildman–Crippen MR) is 133 cm³/mol.